The van der Waals surface area contributed by atoms with Gasteiger partial charge in [0.15, 0.2) is 17.8 Å². The van der Waals surface area contributed by atoms with E-state index >= 15 is 4.39 Å². The second-order valence-corrected chi connectivity index (χ2v) is 9.00. The van der Waals surface area contributed by atoms with Crippen LogP contribution in [0, 0.1) is 12.7 Å². The Morgan fingerprint density at radius 2 is 2.03 bits per heavy atom. The number of amidine groups is 1. The van der Waals surface area contributed by atoms with E-state index in [2.05, 4.69) is 30.4 Å². The molecule has 0 amide bonds. The predicted octanol–water partition coefficient (Wildman–Crippen LogP) is 0.708. The third-order valence-corrected chi connectivity index (χ3v) is 6.46. The van der Waals surface area contributed by atoms with Crippen LogP contribution in [0.5, 0.6) is 5.88 Å². The molecule has 5 atom stereocenters. The van der Waals surface area contributed by atoms with Crippen LogP contribution in [0.15, 0.2) is 29.6 Å². The molecule has 0 radical (unpaired) electrons. The number of oxime groups is 1. The van der Waals surface area contributed by atoms with Gasteiger partial charge in [-0.3, -0.25) is 0 Å². The Kier molecular flexibility index (Phi) is 7.12. The van der Waals surface area contributed by atoms with Crippen molar-refractivity contribution in [1.82, 2.24) is 25.3 Å². The molecule has 3 aromatic rings. The molecule has 2 aliphatic heterocycles. The Bertz CT molecular complexity index is 1430. The number of ether oxygens (including phenoxy) is 2. The summed E-state index contributed by atoms with van der Waals surface area (Å²) in [6.07, 6.45) is -3.45. The summed E-state index contributed by atoms with van der Waals surface area (Å²) in [5, 5.41) is 26.8. The first kappa shape index (κ1) is 26.4. The first-order chi connectivity index (χ1) is 18.7. The van der Waals surface area contributed by atoms with Crippen LogP contribution >= 0.6 is 0 Å². The van der Waals surface area contributed by atoms with E-state index in [9.17, 15) is 14.6 Å². The van der Waals surface area contributed by atoms with Crippen LogP contribution in [-0.4, -0.2) is 74.6 Å². The number of nitrogens with zero attached hydrogens (tertiary/aromatic N) is 5. The number of rotatable bonds is 6. The molecular weight excluding hydrogens is 518 g/mol. The summed E-state index contributed by atoms with van der Waals surface area (Å²) < 4.78 is 41.0. The fraction of sp³-hybridized carbons (Fsp3) is 0.375. The first-order valence-electron chi connectivity index (χ1n) is 11.9. The van der Waals surface area contributed by atoms with Crippen molar-refractivity contribution in [2.24, 2.45) is 5.16 Å². The maximum Gasteiger partial charge on any atom is 0.257 e. The van der Waals surface area contributed by atoms with Crippen LogP contribution in [0.3, 0.4) is 0 Å². The largest absolute Gasteiger partial charge is 0.478 e. The maximum absolute atomic E-state index is 16.2. The molecule has 0 spiro atoms. The lowest BCUT2D eigenvalue weighted by atomic mass is 9.88. The number of nitrogen functional groups attached to an aromatic ring is 2. The van der Waals surface area contributed by atoms with Crippen molar-refractivity contribution in [3.63, 3.8) is 0 Å². The van der Waals surface area contributed by atoms with Gasteiger partial charge >= 0.3 is 0 Å². The zero-order chi connectivity index (χ0) is 27.8. The number of fused-ring (bicyclic) bond motifs is 1. The molecule has 0 bridgehead atoms. The SMILES string of the molecule is COc1nc(-c2cc(F)ccc2[C@@H]2N/C(=N\OCC3OCC(O)C3O)c3c(C)nc(N)nc3C2F)cnc1N. The lowest BCUT2D eigenvalue weighted by Crippen LogP contribution is -2.40. The Balaban J connectivity index is 1.56. The van der Waals surface area contributed by atoms with Crippen molar-refractivity contribution in [3.8, 4) is 17.1 Å². The Morgan fingerprint density at radius 1 is 1.23 bits per heavy atom. The summed E-state index contributed by atoms with van der Waals surface area (Å²) in [5.74, 6) is -0.597. The molecule has 206 valence electrons. The van der Waals surface area contributed by atoms with Gasteiger partial charge in [0.05, 0.1) is 48.6 Å². The van der Waals surface area contributed by atoms with Gasteiger partial charge in [-0.2, -0.15) is 0 Å². The van der Waals surface area contributed by atoms with E-state index in [0.29, 0.717) is 11.3 Å². The standard InChI is InChI=1S/C24H26F2N8O5/c1-9-16-19(33-24(28)30-9)17(26)18(32-22(16)34-39-8-15-20(36)14(35)7-38-15)11-4-3-10(25)5-12(11)13-6-29-21(27)23(31-13)37-2/h3-6,14-15,17-18,20,35-36H,7-8H2,1-2H3,(H2,27,29)(H,32,34)(H2,28,30,33)/t14?,15?,17?,18-,20?/m0/s1. The van der Waals surface area contributed by atoms with Gasteiger partial charge in [0.1, 0.15) is 30.7 Å². The third-order valence-electron chi connectivity index (χ3n) is 6.46. The number of hydrogen-bond acceptors (Lipinski definition) is 12. The molecule has 1 saturated heterocycles. The average molecular weight is 545 g/mol. The molecule has 4 unspecified atom stereocenters. The smallest absolute Gasteiger partial charge is 0.257 e. The number of aliphatic hydroxyl groups excluding tert-OH is 2. The number of halogens is 2. The van der Waals surface area contributed by atoms with Crippen LogP contribution < -0.4 is 21.5 Å². The molecule has 39 heavy (non-hydrogen) atoms. The van der Waals surface area contributed by atoms with E-state index in [-0.39, 0.29) is 59.2 Å². The van der Waals surface area contributed by atoms with Crippen LogP contribution in [0.2, 0.25) is 0 Å². The lowest BCUT2D eigenvalue weighted by Gasteiger charge is -2.32. The summed E-state index contributed by atoms with van der Waals surface area (Å²) in [5.41, 5.74) is 12.9. The van der Waals surface area contributed by atoms with Gasteiger partial charge in [-0.1, -0.05) is 11.2 Å². The molecule has 2 aromatic heterocycles. The Morgan fingerprint density at radius 3 is 2.74 bits per heavy atom. The summed E-state index contributed by atoms with van der Waals surface area (Å²) in [4.78, 5) is 22.0. The number of nitrogens with one attached hydrogen (secondary N) is 1. The first-order valence-corrected chi connectivity index (χ1v) is 11.9. The molecule has 1 aromatic carbocycles. The monoisotopic (exact) mass is 544 g/mol. The fourth-order valence-electron chi connectivity index (χ4n) is 4.54. The maximum atomic E-state index is 16.2. The van der Waals surface area contributed by atoms with Crippen LogP contribution in [0.4, 0.5) is 20.5 Å². The van der Waals surface area contributed by atoms with Crippen molar-refractivity contribution >= 4 is 17.6 Å². The van der Waals surface area contributed by atoms with Crippen LogP contribution in [0.1, 0.15) is 34.7 Å². The number of methoxy groups -OCH3 is 1. The minimum atomic E-state index is -1.77. The van der Waals surface area contributed by atoms with Crippen molar-refractivity contribution in [1.29, 1.82) is 0 Å². The molecule has 7 N–H and O–H groups in total. The Hall–Kier alpha value is -4.21. The van der Waals surface area contributed by atoms with Gasteiger partial charge in [-0.05, 0) is 24.6 Å². The van der Waals surface area contributed by atoms with Crippen LogP contribution in [0.25, 0.3) is 11.3 Å². The molecule has 15 heteroatoms. The Labute approximate surface area is 220 Å². The summed E-state index contributed by atoms with van der Waals surface area (Å²) in [7, 11) is 1.36. The zero-order valence-corrected chi connectivity index (χ0v) is 20.9. The summed E-state index contributed by atoms with van der Waals surface area (Å²) in [6.45, 7) is 1.37. The van der Waals surface area contributed by atoms with E-state index in [1.54, 1.807) is 6.92 Å². The minimum Gasteiger partial charge on any atom is -0.478 e. The van der Waals surface area contributed by atoms with E-state index < -0.39 is 36.3 Å². The molecule has 2 aliphatic rings. The average Bonchev–Trinajstić information content (AvgIpc) is 3.22. The molecule has 0 saturated carbocycles. The van der Waals surface area contributed by atoms with E-state index in [0.717, 1.165) is 0 Å². The second-order valence-electron chi connectivity index (χ2n) is 9.00. The van der Waals surface area contributed by atoms with Crippen molar-refractivity contribution < 1.29 is 33.3 Å². The van der Waals surface area contributed by atoms with Gasteiger partial charge in [0.2, 0.25) is 5.95 Å². The molecule has 4 heterocycles. The molecule has 0 aliphatic carbocycles. The topological polar surface area (TPSA) is 196 Å². The lowest BCUT2D eigenvalue weighted by molar-refractivity contribution is -0.0292. The number of alkyl halides is 1. The molecule has 5 rings (SSSR count). The number of anilines is 2. The van der Waals surface area contributed by atoms with E-state index in [1.807, 2.05) is 0 Å². The third kappa shape index (κ3) is 4.98. The summed E-state index contributed by atoms with van der Waals surface area (Å²) in [6, 6.07) is 2.63. The number of hydrogen-bond donors (Lipinski definition) is 5. The van der Waals surface area contributed by atoms with Gasteiger partial charge in [0.25, 0.3) is 5.88 Å². The van der Waals surface area contributed by atoms with Crippen LogP contribution in [-0.2, 0) is 9.57 Å². The van der Waals surface area contributed by atoms with Gasteiger partial charge in [-0.15, -0.1) is 0 Å². The number of benzene rings is 1. The highest BCUT2D eigenvalue weighted by Gasteiger charge is 2.39. The molecule has 13 nitrogen and oxygen atoms in total. The fourth-order valence-corrected chi connectivity index (χ4v) is 4.54. The number of nitrogens with two attached hydrogens (primary N) is 2. The number of aliphatic hydroxyl groups is 2. The van der Waals surface area contributed by atoms with Crippen molar-refractivity contribution in [2.75, 3.05) is 31.8 Å². The molecular formula is C24H26F2N8O5. The zero-order valence-electron chi connectivity index (χ0n) is 20.9. The van der Waals surface area contributed by atoms with Gasteiger partial charge < -0.3 is 41.3 Å². The summed E-state index contributed by atoms with van der Waals surface area (Å²) >= 11 is 0. The highest BCUT2D eigenvalue weighted by molar-refractivity contribution is 6.02. The predicted molar refractivity (Wildman–Crippen MR) is 134 cm³/mol. The van der Waals surface area contributed by atoms with Gasteiger partial charge in [-0.25, -0.2) is 28.7 Å². The highest BCUT2D eigenvalue weighted by Crippen LogP contribution is 2.42. The number of aryl methyl sites for hydroxylation is 1. The van der Waals surface area contributed by atoms with Crippen molar-refractivity contribution in [3.05, 3.63) is 52.7 Å². The molecule has 1 fully saturated rings. The minimum absolute atomic E-state index is 0.0229. The second kappa shape index (κ2) is 10.5. The van der Waals surface area contributed by atoms with Gasteiger partial charge in [0, 0.05) is 5.56 Å². The van der Waals surface area contributed by atoms with E-state index in [1.165, 1.54) is 31.5 Å². The van der Waals surface area contributed by atoms with E-state index in [4.69, 9.17) is 25.8 Å². The highest BCUT2D eigenvalue weighted by atomic mass is 19.1. The quantitative estimate of drug-likeness (QED) is 0.273. The normalized spacial score (nSPS) is 25.3. The van der Waals surface area contributed by atoms with Crippen molar-refractivity contribution in [2.45, 2.75) is 37.4 Å². The number of aromatic nitrogens is 4.